The predicted molar refractivity (Wildman–Crippen MR) is 58.8 cm³/mol. The summed E-state index contributed by atoms with van der Waals surface area (Å²) in [5, 5.41) is -0.278. The minimum Gasteiger partial charge on any atom is -0.468 e. The number of hydrogen-bond donors (Lipinski definition) is 0. The average molecular weight is 247 g/mol. The summed E-state index contributed by atoms with van der Waals surface area (Å²) in [4.78, 5) is 13.2. The van der Waals surface area contributed by atoms with Gasteiger partial charge in [0.15, 0.2) is 9.84 Å². The molecular weight excluding hydrogens is 230 g/mol. The Bertz CT molecular complexity index is 378. The number of carbonyl (C=O) groups excluding carboxylic acids is 1. The number of nitrogens with zero attached hydrogens (tertiary/aromatic N) is 1. The Hall–Kier alpha value is -0.620. The maximum atomic E-state index is 11.6. The zero-order valence-corrected chi connectivity index (χ0v) is 10.2. The number of methoxy groups -OCH3 is 1. The molecule has 2 rings (SSSR count). The van der Waals surface area contributed by atoms with Crippen LogP contribution in [0, 0.1) is 0 Å². The highest BCUT2D eigenvalue weighted by Gasteiger charge is 2.40. The number of esters is 1. The van der Waals surface area contributed by atoms with Gasteiger partial charge in [-0.25, -0.2) is 8.42 Å². The van der Waals surface area contributed by atoms with Crippen LogP contribution < -0.4 is 0 Å². The maximum absolute atomic E-state index is 11.6. The van der Waals surface area contributed by atoms with E-state index in [1.165, 1.54) is 7.11 Å². The van der Waals surface area contributed by atoms with E-state index in [-0.39, 0.29) is 17.3 Å². The van der Waals surface area contributed by atoms with Crippen molar-refractivity contribution in [2.75, 3.05) is 26.0 Å². The summed E-state index contributed by atoms with van der Waals surface area (Å²) >= 11 is 0. The molecule has 2 fully saturated rings. The summed E-state index contributed by atoms with van der Waals surface area (Å²) in [6.45, 7) is 1.29. The van der Waals surface area contributed by atoms with Crippen molar-refractivity contribution in [2.45, 2.75) is 30.6 Å². The van der Waals surface area contributed by atoms with Gasteiger partial charge in [-0.1, -0.05) is 0 Å². The molecule has 0 radical (unpaired) electrons. The lowest BCUT2D eigenvalue weighted by Crippen LogP contribution is -2.55. The van der Waals surface area contributed by atoms with E-state index in [9.17, 15) is 13.2 Å². The van der Waals surface area contributed by atoms with Gasteiger partial charge in [-0.3, -0.25) is 9.69 Å². The second-order valence-electron chi connectivity index (χ2n) is 4.45. The first-order valence-corrected chi connectivity index (χ1v) is 7.29. The number of ether oxygens (including phenoxy) is 1. The molecule has 0 saturated carbocycles. The van der Waals surface area contributed by atoms with E-state index in [1.807, 2.05) is 4.90 Å². The molecule has 0 aliphatic carbocycles. The van der Waals surface area contributed by atoms with Crippen LogP contribution in [0.5, 0.6) is 0 Å². The number of rotatable bonds is 3. The van der Waals surface area contributed by atoms with Crippen molar-refractivity contribution in [3.8, 4) is 0 Å². The first-order chi connectivity index (χ1) is 7.54. The van der Waals surface area contributed by atoms with Crippen LogP contribution in [0.3, 0.4) is 0 Å². The summed E-state index contributed by atoms with van der Waals surface area (Å²) in [6.07, 6.45) is 2.26. The molecule has 2 aliphatic heterocycles. The largest absolute Gasteiger partial charge is 0.468 e. The lowest BCUT2D eigenvalue weighted by Gasteiger charge is -2.39. The summed E-state index contributed by atoms with van der Waals surface area (Å²) < 4.78 is 28.0. The molecule has 2 unspecified atom stereocenters. The Morgan fingerprint density at radius 3 is 2.62 bits per heavy atom. The van der Waals surface area contributed by atoms with Gasteiger partial charge in [0.05, 0.1) is 18.1 Å². The van der Waals surface area contributed by atoms with Gasteiger partial charge in [-0.05, 0) is 19.3 Å². The quantitative estimate of drug-likeness (QED) is 0.647. The minimum absolute atomic E-state index is 0.221. The molecule has 2 saturated heterocycles. The first-order valence-electron chi connectivity index (χ1n) is 5.58. The normalized spacial score (nSPS) is 33.3. The van der Waals surface area contributed by atoms with Gasteiger partial charge in [0.25, 0.3) is 0 Å². The van der Waals surface area contributed by atoms with Crippen LogP contribution in [0.1, 0.15) is 19.3 Å². The van der Waals surface area contributed by atoms with E-state index in [0.29, 0.717) is 12.3 Å². The molecule has 0 aromatic rings. The van der Waals surface area contributed by atoms with Crippen LogP contribution in [0.2, 0.25) is 0 Å². The fraction of sp³-hybridized carbons (Fsp3) is 0.900. The number of likely N-dealkylation sites (tertiary alicyclic amines) is 1. The molecule has 0 aromatic heterocycles. The van der Waals surface area contributed by atoms with E-state index in [1.54, 1.807) is 0 Å². The van der Waals surface area contributed by atoms with Crippen LogP contribution in [-0.4, -0.2) is 56.5 Å². The number of sulfone groups is 1. The summed E-state index contributed by atoms with van der Waals surface area (Å²) in [5.74, 6) is 0.0515. The second-order valence-corrected chi connectivity index (χ2v) is 6.85. The third kappa shape index (κ3) is 2.08. The Morgan fingerprint density at radius 2 is 2.19 bits per heavy atom. The third-order valence-corrected chi connectivity index (χ3v) is 5.76. The molecule has 0 N–H and O–H groups in total. The van der Waals surface area contributed by atoms with Crippen LogP contribution in [0.15, 0.2) is 0 Å². The topological polar surface area (TPSA) is 63.7 Å². The highest BCUT2D eigenvalue weighted by molar-refractivity contribution is 7.92. The van der Waals surface area contributed by atoms with E-state index in [2.05, 4.69) is 4.74 Å². The second kappa shape index (κ2) is 4.33. The Balaban J connectivity index is 1.93. The molecule has 2 heterocycles. The van der Waals surface area contributed by atoms with E-state index in [4.69, 9.17) is 0 Å². The molecule has 5 nitrogen and oxygen atoms in total. The van der Waals surface area contributed by atoms with Crippen molar-refractivity contribution >= 4 is 15.8 Å². The van der Waals surface area contributed by atoms with Crippen molar-refractivity contribution in [1.29, 1.82) is 0 Å². The molecule has 92 valence electrons. The van der Waals surface area contributed by atoms with Crippen LogP contribution in [0.25, 0.3) is 0 Å². The standard InChI is InChI=1S/C10H17NO4S/c1-15-10(12)9-4-5-11(9)7-8-3-2-6-16(8,13)14/h8-9H,2-7H2,1H3. The molecule has 0 aromatic carbocycles. The molecule has 0 bridgehead atoms. The highest BCUT2D eigenvalue weighted by atomic mass is 32.2. The molecular formula is C10H17NO4S. The van der Waals surface area contributed by atoms with Crippen molar-refractivity contribution in [3.63, 3.8) is 0 Å². The van der Waals surface area contributed by atoms with Crippen LogP contribution in [-0.2, 0) is 19.4 Å². The summed E-state index contributed by atoms with van der Waals surface area (Å²) in [6, 6.07) is -0.221. The number of hydrogen-bond acceptors (Lipinski definition) is 5. The molecule has 16 heavy (non-hydrogen) atoms. The lowest BCUT2D eigenvalue weighted by atomic mass is 10.0. The predicted octanol–water partition coefficient (Wildman–Crippen LogP) is -0.189. The van der Waals surface area contributed by atoms with Gasteiger partial charge in [-0.2, -0.15) is 0 Å². The molecule has 2 atom stereocenters. The van der Waals surface area contributed by atoms with Crippen molar-refractivity contribution in [3.05, 3.63) is 0 Å². The smallest absolute Gasteiger partial charge is 0.323 e. The third-order valence-electron chi connectivity index (χ3n) is 3.50. The minimum atomic E-state index is -2.91. The zero-order chi connectivity index (χ0) is 11.8. The van der Waals surface area contributed by atoms with Crippen molar-refractivity contribution < 1.29 is 17.9 Å². The zero-order valence-electron chi connectivity index (χ0n) is 9.39. The SMILES string of the molecule is COC(=O)C1CCN1CC1CCCS1(=O)=O. The van der Waals surface area contributed by atoms with Gasteiger partial charge in [0.2, 0.25) is 0 Å². The summed E-state index contributed by atoms with van der Waals surface area (Å²) in [5.41, 5.74) is 0. The van der Waals surface area contributed by atoms with Gasteiger partial charge < -0.3 is 4.74 Å². The Morgan fingerprint density at radius 1 is 1.44 bits per heavy atom. The first kappa shape index (κ1) is 11.9. The van der Waals surface area contributed by atoms with E-state index < -0.39 is 9.84 Å². The highest BCUT2D eigenvalue weighted by Crippen LogP contribution is 2.26. The monoisotopic (exact) mass is 247 g/mol. The number of carbonyl (C=O) groups is 1. The average Bonchev–Trinajstić information content (AvgIpc) is 2.52. The lowest BCUT2D eigenvalue weighted by molar-refractivity contribution is -0.151. The van der Waals surface area contributed by atoms with Gasteiger partial charge in [-0.15, -0.1) is 0 Å². The fourth-order valence-electron chi connectivity index (χ4n) is 2.39. The molecule has 0 amide bonds. The Labute approximate surface area is 95.7 Å². The van der Waals surface area contributed by atoms with E-state index in [0.717, 1.165) is 25.8 Å². The van der Waals surface area contributed by atoms with Gasteiger partial charge in [0.1, 0.15) is 6.04 Å². The summed E-state index contributed by atoms with van der Waals surface area (Å²) in [7, 11) is -1.54. The fourth-order valence-corrected chi connectivity index (χ4v) is 4.23. The Kier molecular flexibility index (Phi) is 3.21. The van der Waals surface area contributed by atoms with Crippen LogP contribution >= 0.6 is 0 Å². The van der Waals surface area contributed by atoms with Crippen molar-refractivity contribution in [1.82, 2.24) is 4.90 Å². The molecule has 0 spiro atoms. The molecule has 2 aliphatic rings. The van der Waals surface area contributed by atoms with E-state index >= 15 is 0 Å². The molecule has 6 heteroatoms. The maximum Gasteiger partial charge on any atom is 0.323 e. The van der Waals surface area contributed by atoms with Crippen molar-refractivity contribution in [2.24, 2.45) is 0 Å². The van der Waals surface area contributed by atoms with Gasteiger partial charge >= 0.3 is 5.97 Å². The van der Waals surface area contributed by atoms with Gasteiger partial charge in [0, 0.05) is 13.1 Å². The van der Waals surface area contributed by atoms with Crippen LogP contribution in [0.4, 0.5) is 0 Å².